The molecular weight excluding hydrogens is 372 g/mol. The van der Waals surface area contributed by atoms with Crippen molar-refractivity contribution >= 4 is 39.6 Å². The summed E-state index contributed by atoms with van der Waals surface area (Å²) >= 11 is 5.52. The summed E-state index contributed by atoms with van der Waals surface area (Å²) in [5.41, 5.74) is 3.47. The van der Waals surface area contributed by atoms with Crippen LogP contribution in [0.25, 0.3) is 16.6 Å². The largest absolute Gasteiger partial charge is 0.508 e. The van der Waals surface area contributed by atoms with Crippen LogP contribution in [0.4, 0.5) is 5.69 Å². The zero-order valence-electron chi connectivity index (χ0n) is 16.4. The van der Waals surface area contributed by atoms with Crippen LogP contribution in [0.15, 0.2) is 43.1 Å². The Morgan fingerprint density at radius 2 is 1.93 bits per heavy atom. The van der Waals surface area contributed by atoms with E-state index in [1.165, 1.54) is 6.07 Å². The number of nitrogens with one attached hydrogen (secondary N) is 1. The third-order valence-electron chi connectivity index (χ3n) is 4.76. The van der Waals surface area contributed by atoms with Gasteiger partial charge in [-0.1, -0.05) is 20.4 Å². The predicted molar refractivity (Wildman–Crippen MR) is 118 cm³/mol. The first-order valence-electron chi connectivity index (χ1n) is 8.93. The van der Waals surface area contributed by atoms with Crippen LogP contribution in [-0.4, -0.2) is 32.2 Å². The summed E-state index contributed by atoms with van der Waals surface area (Å²) in [6.45, 7) is 8.14. The first kappa shape index (κ1) is 19.7. The summed E-state index contributed by atoms with van der Waals surface area (Å²) in [6, 6.07) is 8.97. The predicted octanol–water partition coefficient (Wildman–Crippen LogP) is 4.09. The van der Waals surface area contributed by atoms with Gasteiger partial charge in [0.05, 0.1) is 23.1 Å². The first-order valence-corrected chi connectivity index (χ1v) is 9.34. The van der Waals surface area contributed by atoms with Gasteiger partial charge in [-0.3, -0.25) is 9.58 Å². The maximum Gasteiger partial charge on any atom is 0.177 e. The second-order valence-corrected chi connectivity index (χ2v) is 7.32. The highest BCUT2D eigenvalue weighted by molar-refractivity contribution is 7.80. The number of rotatable bonds is 4. The minimum atomic E-state index is -0.0579. The van der Waals surface area contributed by atoms with Crippen molar-refractivity contribution in [1.82, 2.24) is 15.1 Å². The molecule has 1 aromatic heterocycles. The number of aromatic nitrogens is 2. The molecule has 7 heteroatoms. The second-order valence-electron chi connectivity index (χ2n) is 6.93. The quantitative estimate of drug-likeness (QED) is 0.577. The molecule has 146 valence electrons. The topological polar surface area (TPSA) is 73.6 Å². The molecule has 0 radical (unpaired) electrons. The Labute approximate surface area is 169 Å². The van der Waals surface area contributed by atoms with Crippen molar-refractivity contribution in [2.75, 3.05) is 11.9 Å². The van der Waals surface area contributed by atoms with Crippen molar-refractivity contribution in [2.45, 2.75) is 19.8 Å². The molecule has 0 atom stereocenters. The Bertz CT molecular complexity index is 1070. The number of aromatic hydroxyl groups is 2. The Morgan fingerprint density at radius 1 is 1.21 bits per heavy atom. The maximum absolute atomic E-state index is 10.5. The lowest BCUT2D eigenvalue weighted by Gasteiger charge is -2.28. The number of fused-ring (bicyclic) bond motifs is 1. The Morgan fingerprint density at radius 3 is 2.57 bits per heavy atom. The first-order chi connectivity index (χ1) is 13.2. The lowest BCUT2D eigenvalue weighted by Crippen LogP contribution is -2.36. The highest BCUT2D eigenvalue weighted by Gasteiger charge is 2.21. The van der Waals surface area contributed by atoms with Crippen molar-refractivity contribution in [3.8, 4) is 11.5 Å². The zero-order chi connectivity index (χ0) is 20.6. The number of anilines is 1. The molecule has 0 aliphatic rings. The fourth-order valence-electron chi connectivity index (χ4n) is 3.19. The van der Waals surface area contributed by atoms with E-state index < -0.39 is 0 Å². The molecule has 0 saturated carbocycles. The third-order valence-corrected chi connectivity index (χ3v) is 5.14. The lowest BCUT2D eigenvalue weighted by atomic mass is 9.97. The van der Waals surface area contributed by atoms with Gasteiger partial charge >= 0.3 is 0 Å². The Balaban J connectivity index is 2.14. The van der Waals surface area contributed by atoms with E-state index in [0.29, 0.717) is 16.4 Å². The van der Waals surface area contributed by atoms with Crippen molar-refractivity contribution in [3.05, 3.63) is 54.2 Å². The van der Waals surface area contributed by atoms with E-state index in [-0.39, 0.29) is 17.4 Å². The summed E-state index contributed by atoms with van der Waals surface area (Å²) in [6.07, 6.45) is 1.80. The van der Waals surface area contributed by atoms with E-state index in [1.54, 1.807) is 28.9 Å². The van der Waals surface area contributed by atoms with Crippen LogP contribution >= 0.6 is 12.2 Å². The Kier molecular flexibility index (Phi) is 5.29. The van der Waals surface area contributed by atoms with E-state index in [4.69, 9.17) is 12.2 Å². The van der Waals surface area contributed by atoms with Gasteiger partial charge in [-0.15, -0.1) is 0 Å². The van der Waals surface area contributed by atoms with Gasteiger partial charge in [0.15, 0.2) is 5.11 Å². The van der Waals surface area contributed by atoms with Gasteiger partial charge in [-0.25, -0.2) is 0 Å². The standard InChI is InChI=1S/C21H24N4O2S/c1-12(2)16-9-17(20(27)10-19(16)26)13(3)25(21(28)22-4)15-7-6-14-11-23-24(5)18(14)8-15/h6-12,26-27H,3H2,1-2,4-5H3,(H,22,28). The van der Waals surface area contributed by atoms with E-state index in [1.807, 2.05) is 39.1 Å². The summed E-state index contributed by atoms with van der Waals surface area (Å²) in [7, 11) is 3.61. The number of thiocarbonyl (C=S) groups is 1. The van der Waals surface area contributed by atoms with E-state index >= 15 is 0 Å². The average molecular weight is 397 g/mol. The van der Waals surface area contributed by atoms with Crippen LogP contribution in [-0.2, 0) is 7.05 Å². The number of benzene rings is 2. The SMILES string of the molecule is C=C(c1cc(C(C)C)c(O)cc1O)N(C(=S)NC)c1ccc2cnn(C)c2c1. The van der Waals surface area contributed by atoms with Gasteiger partial charge in [-0.2, -0.15) is 5.10 Å². The molecule has 0 unspecified atom stereocenters. The smallest absolute Gasteiger partial charge is 0.177 e. The number of hydrogen-bond donors (Lipinski definition) is 3. The molecule has 0 aliphatic carbocycles. The number of phenols is 2. The summed E-state index contributed by atoms with van der Waals surface area (Å²) in [5, 5.41) is 29.3. The van der Waals surface area contributed by atoms with Crippen molar-refractivity contribution in [1.29, 1.82) is 0 Å². The monoisotopic (exact) mass is 396 g/mol. The fraction of sp³-hybridized carbons (Fsp3) is 0.238. The molecule has 0 aliphatic heterocycles. The molecule has 3 rings (SSSR count). The second kappa shape index (κ2) is 7.52. The maximum atomic E-state index is 10.5. The van der Waals surface area contributed by atoms with Crippen LogP contribution in [0.1, 0.15) is 30.9 Å². The number of hydrogen-bond acceptors (Lipinski definition) is 4. The summed E-state index contributed by atoms with van der Waals surface area (Å²) in [4.78, 5) is 1.76. The molecule has 28 heavy (non-hydrogen) atoms. The minimum Gasteiger partial charge on any atom is -0.508 e. The van der Waals surface area contributed by atoms with Crippen LogP contribution in [0, 0.1) is 0 Å². The molecule has 3 aromatic rings. The van der Waals surface area contributed by atoms with Gasteiger partial charge in [0.1, 0.15) is 11.5 Å². The highest BCUT2D eigenvalue weighted by atomic mass is 32.1. The van der Waals surface area contributed by atoms with E-state index in [9.17, 15) is 10.2 Å². The summed E-state index contributed by atoms with van der Waals surface area (Å²) < 4.78 is 1.79. The van der Waals surface area contributed by atoms with Crippen LogP contribution in [0.3, 0.4) is 0 Å². The number of aryl methyl sites for hydroxylation is 1. The Hall–Kier alpha value is -3.06. The van der Waals surface area contributed by atoms with Crippen molar-refractivity contribution in [3.63, 3.8) is 0 Å². The molecule has 0 fully saturated rings. The molecule has 1 heterocycles. The van der Waals surface area contributed by atoms with E-state index in [2.05, 4.69) is 17.0 Å². The number of phenolic OH excluding ortho intramolecular Hbond substituents is 2. The average Bonchev–Trinajstić information content (AvgIpc) is 3.02. The molecule has 3 N–H and O–H groups in total. The fourth-order valence-corrected chi connectivity index (χ4v) is 3.40. The van der Waals surface area contributed by atoms with Crippen LogP contribution < -0.4 is 10.2 Å². The van der Waals surface area contributed by atoms with Gasteiger partial charge in [0.25, 0.3) is 0 Å². The molecular formula is C21H24N4O2S. The zero-order valence-corrected chi connectivity index (χ0v) is 17.2. The van der Waals surface area contributed by atoms with Gasteiger partial charge in [0, 0.05) is 31.1 Å². The van der Waals surface area contributed by atoms with Crippen molar-refractivity contribution < 1.29 is 10.2 Å². The van der Waals surface area contributed by atoms with Crippen molar-refractivity contribution in [2.24, 2.45) is 7.05 Å². The van der Waals surface area contributed by atoms with E-state index in [0.717, 1.165) is 22.2 Å². The molecule has 0 bridgehead atoms. The van der Waals surface area contributed by atoms with Crippen LogP contribution in [0.5, 0.6) is 11.5 Å². The molecule has 0 saturated heterocycles. The molecule has 6 nitrogen and oxygen atoms in total. The van der Waals surface area contributed by atoms with Crippen LogP contribution in [0.2, 0.25) is 0 Å². The number of nitrogens with zero attached hydrogens (tertiary/aromatic N) is 3. The molecule has 0 spiro atoms. The van der Waals surface area contributed by atoms with Gasteiger partial charge in [0.2, 0.25) is 0 Å². The lowest BCUT2D eigenvalue weighted by molar-refractivity contribution is 0.443. The highest BCUT2D eigenvalue weighted by Crippen LogP contribution is 2.38. The summed E-state index contributed by atoms with van der Waals surface area (Å²) in [5.74, 6) is 0.0863. The molecule has 0 amide bonds. The minimum absolute atomic E-state index is 0.0579. The van der Waals surface area contributed by atoms with Gasteiger partial charge < -0.3 is 15.5 Å². The normalized spacial score (nSPS) is 11.0. The van der Waals surface area contributed by atoms with Gasteiger partial charge in [-0.05, 0) is 48.0 Å². The third kappa shape index (κ3) is 3.41. The molecule has 2 aromatic carbocycles.